The number of hydrogen-bond acceptors (Lipinski definition) is 2. The molecule has 3 aliphatic rings. The van der Waals surface area contributed by atoms with Crippen LogP contribution in [-0.2, 0) is 0 Å². The average molecular weight is 253 g/mol. The van der Waals surface area contributed by atoms with Gasteiger partial charge in [-0.15, -0.1) is 24.8 Å². The Morgan fingerprint density at radius 3 is 2.47 bits per heavy atom. The maximum atomic E-state index is 3.56. The van der Waals surface area contributed by atoms with E-state index in [1.165, 1.54) is 58.3 Å². The Kier molecular flexibility index (Phi) is 4.72. The van der Waals surface area contributed by atoms with Crippen LogP contribution < -0.4 is 5.32 Å². The van der Waals surface area contributed by atoms with Crippen LogP contribution in [0.15, 0.2) is 0 Å². The molecule has 3 fully saturated rings. The second-order valence-corrected chi connectivity index (χ2v) is 5.14. The molecule has 2 heterocycles. The van der Waals surface area contributed by atoms with E-state index in [1.807, 2.05) is 0 Å². The van der Waals surface area contributed by atoms with Crippen LogP contribution in [0.3, 0.4) is 0 Å². The predicted molar refractivity (Wildman–Crippen MR) is 68.2 cm³/mol. The van der Waals surface area contributed by atoms with Crippen LogP contribution in [0.2, 0.25) is 0 Å². The number of halogens is 2. The summed E-state index contributed by atoms with van der Waals surface area (Å²) in [5, 5.41) is 3.56. The fourth-order valence-corrected chi connectivity index (χ4v) is 2.92. The number of nitrogens with one attached hydrogen (secondary N) is 1. The van der Waals surface area contributed by atoms with Crippen molar-refractivity contribution in [1.82, 2.24) is 10.2 Å². The monoisotopic (exact) mass is 252 g/mol. The minimum absolute atomic E-state index is 0. The molecule has 1 atom stereocenters. The van der Waals surface area contributed by atoms with E-state index in [1.54, 1.807) is 0 Å². The van der Waals surface area contributed by atoms with Gasteiger partial charge in [0.1, 0.15) is 0 Å². The minimum atomic E-state index is 0. The zero-order valence-electron chi connectivity index (χ0n) is 9.21. The van der Waals surface area contributed by atoms with E-state index in [0.717, 1.165) is 5.92 Å². The molecule has 4 heteroatoms. The zero-order chi connectivity index (χ0) is 8.73. The molecule has 15 heavy (non-hydrogen) atoms. The molecule has 0 aromatic heterocycles. The SMILES string of the molecule is C1CNCC2(C1)CCN2CC1CC1.Cl.Cl. The van der Waals surface area contributed by atoms with Crippen molar-refractivity contribution in [3.8, 4) is 0 Å². The van der Waals surface area contributed by atoms with Gasteiger partial charge >= 0.3 is 0 Å². The smallest absolute Gasteiger partial charge is 0.0346 e. The van der Waals surface area contributed by atoms with E-state index in [-0.39, 0.29) is 24.8 Å². The molecular formula is C11H22Cl2N2. The van der Waals surface area contributed by atoms with Gasteiger partial charge in [0.05, 0.1) is 0 Å². The number of likely N-dealkylation sites (tertiary alicyclic amines) is 1. The first-order valence-corrected chi connectivity index (χ1v) is 5.85. The van der Waals surface area contributed by atoms with Gasteiger partial charge in [-0.25, -0.2) is 0 Å². The molecule has 3 rings (SSSR count). The van der Waals surface area contributed by atoms with Crippen molar-refractivity contribution < 1.29 is 0 Å². The Balaban J connectivity index is 0.000000562. The number of hydrogen-bond donors (Lipinski definition) is 1. The van der Waals surface area contributed by atoms with E-state index in [0.29, 0.717) is 5.54 Å². The summed E-state index contributed by atoms with van der Waals surface area (Å²) in [5.74, 6) is 1.07. The lowest BCUT2D eigenvalue weighted by atomic mass is 9.78. The zero-order valence-corrected chi connectivity index (χ0v) is 10.8. The van der Waals surface area contributed by atoms with Gasteiger partial charge in [-0.2, -0.15) is 0 Å². The highest BCUT2D eigenvalue weighted by Gasteiger charge is 2.46. The molecule has 1 spiro atoms. The van der Waals surface area contributed by atoms with E-state index in [4.69, 9.17) is 0 Å². The van der Waals surface area contributed by atoms with E-state index >= 15 is 0 Å². The molecule has 0 amide bonds. The quantitative estimate of drug-likeness (QED) is 0.810. The third kappa shape index (κ3) is 2.60. The van der Waals surface area contributed by atoms with Crippen LogP contribution in [0.4, 0.5) is 0 Å². The van der Waals surface area contributed by atoms with Gasteiger partial charge in [0, 0.05) is 25.2 Å². The van der Waals surface area contributed by atoms with Crippen LogP contribution >= 0.6 is 24.8 Å². The molecule has 2 aliphatic heterocycles. The highest BCUT2D eigenvalue weighted by atomic mass is 35.5. The number of rotatable bonds is 2. The second kappa shape index (κ2) is 5.22. The van der Waals surface area contributed by atoms with Crippen molar-refractivity contribution >= 4 is 24.8 Å². The van der Waals surface area contributed by atoms with Gasteiger partial charge in [0.15, 0.2) is 0 Å². The summed E-state index contributed by atoms with van der Waals surface area (Å²) >= 11 is 0. The van der Waals surface area contributed by atoms with Gasteiger partial charge in [-0.05, 0) is 44.6 Å². The fourth-order valence-electron chi connectivity index (χ4n) is 2.92. The molecule has 0 aromatic carbocycles. The van der Waals surface area contributed by atoms with Crippen molar-refractivity contribution in [3.05, 3.63) is 0 Å². The van der Waals surface area contributed by atoms with Gasteiger partial charge in [-0.1, -0.05) is 0 Å². The lowest BCUT2D eigenvalue weighted by Gasteiger charge is -2.55. The molecule has 0 bridgehead atoms. The van der Waals surface area contributed by atoms with Gasteiger partial charge < -0.3 is 5.32 Å². The van der Waals surface area contributed by atoms with Gasteiger partial charge in [0.25, 0.3) is 0 Å². The van der Waals surface area contributed by atoms with Crippen LogP contribution in [0, 0.1) is 5.92 Å². The topological polar surface area (TPSA) is 15.3 Å². The highest BCUT2D eigenvalue weighted by molar-refractivity contribution is 5.85. The maximum absolute atomic E-state index is 3.56. The molecule has 2 nitrogen and oxygen atoms in total. The first kappa shape index (κ1) is 13.6. The number of piperidine rings is 1. The van der Waals surface area contributed by atoms with Gasteiger partial charge in [-0.3, -0.25) is 4.90 Å². The Bertz CT molecular complexity index is 201. The van der Waals surface area contributed by atoms with Crippen molar-refractivity contribution in [3.63, 3.8) is 0 Å². The molecule has 1 unspecified atom stereocenters. The molecule has 2 saturated heterocycles. The van der Waals surface area contributed by atoms with Crippen LogP contribution in [0.25, 0.3) is 0 Å². The van der Waals surface area contributed by atoms with Crippen molar-refractivity contribution in [1.29, 1.82) is 0 Å². The normalized spacial score (nSPS) is 35.2. The lowest BCUT2D eigenvalue weighted by Crippen LogP contribution is -2.66. The summed E-state index contributed by atoms with van der Waals surface area (Å²) in [6.45, 7) is 5.29. The average Bonchev–Trinajstić information content (AvgIpc) is 2.98. The first-order chi connectivity index (χ1) is 6.39. The highest BCUT2D eigenvalue weighted by Crippen LogP contribution is 2.40. The molecule has 0 radical (unpaired) electrons. The minimum Gasteiger partial charge on any atom is -0.315 e. The summed E-state index contributed by atoms with van der Waals surface area (Å²) in [6.07, 6.45) is 7.29. The van der Waals surface area contributed by atoms with Crippen molar-refractivity contribution in [2.45, 2.75) is 37.6 Å². The van der Waals surface area contributed by atoms with Crippen molar-refractivity contribution in [2.24, 2.45) is 5.92 Å². The summed E-state index contributed by atoms with van der Waals surface area (Å²) in [4.78, 5) is 2.76. The maximum Gasteiger partial charge on any atom is 0.0346 e. The second-order valence-electron chi connectivity index (χ2n) is 5.14. The van der Waals surface area contributed by atoms with Gasteiger partial charge in [0.2, 0.25) is 0 Å². The third-order valence-electron chi connectivity index (χ3n) is 4.14. The predicted octanol–water partition coefficient (Wildman–Crippen LogP) is 2.07. The van der Waals surface area contributed by atoms with Crippen LogP contribution in [0.5, 0.6) is 0 Å². The summed E-state index contributed by atoms with van der Waals surface area (Å²) in [5.41, 5.74) is 0.612. The molecular weight excluding hydrogens is 231 g/mol. The Labute approximate surface area is 105 Å². The Hall–Kier alpha value is 0.500. The molecule has 1 N–H and O–H groups in total. The fraction of sp³-hybridized carbons (Fsp3) is 1.00. The Morgan fingerprint density at radius 2 is 2.00 bits per heavy atom. The molecule has 0 aromatic rings. The summed E-state index contributed by atoms with van der Waals surface area (Å²) < 4.78 is 0. The standard InChI is InChI=1S/C11H20N2.2ClH/c1-4-11(9-12-6-1)5-7-13(11)8-10-2-3-10;;/h10,12H,1-9H2;2*1H. The summed E-state index contributed by atoms with van der Waals surface area (Å²) in [6, 6.07) is 0. The lowest BCUT2D eigenvalue weighted by molar-refractivity contribution is -0.0347. The van der Waals surface area contributed by atoms with E-state index in [9.17, 15) is 0 Å². The number of nitrogens with zero attached hydrogens (tertiary/aromatic N) is 1. The summed E-state index contributed by atoms with van der Waals surface area (Å²) in [7, 11) is 0. The third-order valence-corrected chi connectivity index (χ3v) is 4.14. The van der Waals surface area contributed by atoms with Crippen molar-refractivity contribution in [2.75, 3.05) is 26.2 Å². The first-order valence-electron chi connectivity index (χ1n) is 5.85. The molecule has 1 aliphatic carbocycles. The van der Waals surface area contributed by atoms with E-state index < -0.39 is 0 Å². The Morgan fingerprint density at radius 1 is 1.20 bits per heavy atom. The molecule has 1 saturated carbocycles. The van der Waals surface area contributed by atoms with E-state index in [2.05, 4.69) is 10.2 Å². The van der Waals surface area contributed by atoms with Crippen LogP contribution in [0.1, 0.15) is 32.1 Å². The largest absolute Gasteiger partial charge is 0.315 e. The van der Waals surface area contributed by atoms with Crippen LogP contribution in [-0.4, -0.2) is 36.6 Å². The molecule has 90 valence electrons.